The van der Waals surface area contributed by atoms with Gasteiger partial charge < -0.3 is 4.74 Å². The molecule has 0 saturated carbocycles. The fourth-order valence-electron chi connectivity index (χ4n) is 1.60. The van der Waals surface area contributed by atoms with Gasteiger partial charge in [0.05, 0.1) is 16.1 Å². The lowest BCUT2D eigenvalue weighted by molar-refractivity contribution is 0.0444. The Bertz CT molecular complexity index is 498. The SMILES string of the molecule is CC(C)(C)c1cc(Cl)c2c(c1)C(=O)OC2=O. The molecule has 0 saturated heterocycles. The number of benzene rings is 1. The van der Waals surface area contributed by atoms with Crippen LogP contribution in [0.3, 0.4) is 0 Å². The molecule has 0 spiro atoms. The van der Waals surface area contributed by atoms with E-state index in [4.69, 9.17) is 11.6 Å². The molecule has 0 fully saturated rings. The summed E-state index contributed by atoms with van der Waals surface area (Å²) >= 11 is 5.99. The van der Waals surface area contributed by atoms with Crippen molar-refractivity contribution >= 4 is 23.5 Å². The molecule has 84 valence electrons. The maximum absolute atomic E-state index is 11.4. The number of ether oxygens (including phenoxy) is 1. The van der Waals surface area contributed by atoms with E-state index in [0.717, 1.165) is 5.56 Å². The van der Waals surface area contributed by atoms with Crippen molar-refractivity contribution in [3.05, 3.63) is 33.8 Å². The van der Waals surface area contributed by atoms with Crippen LogP contribution in [0.4, 0.5) is 0 Å². The van der Waals surface area contributed by atoms with E-state index in [1.165, 1.54) is 0 Å². The smallest absolute Gasteiger partial charge is 0.348 e. The van der Waals surface area contributed by atoms with Gasteiger partial charge in [-0.15, -0.1) is 0 Å². The molecule has 0 aromatic heterocycles. The minimum Gasteiger partial charge on any atom is -0.386 e. The molecule has 0 bridgehead atoms. The van der Waals surface area contributed by atoms with Crippen LogP contribution in [-0.4, -0.2) is 11.9 Å². The summed E-state index contributed by atoms with van der Waals surface area (Å²) in [4.78, 5) is 22.7. The van der Waals surface area contributed by atoms with Crippen LogP contribution in [0.2, 0.25) is 5.02 Å². The zero-order valence-electron chi connectivity index (χ0n) is 9.26. The molecule has 0 atom stereocenters. The van der Waals surface area contributed by atoms with Crippen molar-refractivity contribution in [1.29, 1.82) is 0 Å². The van der Waals surface area contributed by atoms with Gasteiger partial charge in [0.2, 0.25) is 0 Å². The number of esters is 2. The second kappa shape index (κ2) is 3.32. The van der Waals surface area contributed by atoms with Crippen molar-refractivity contribution < 1.29 is 14.3 Å². The predicted molar refractivity (Wildman–Crippen MR) is 59.9 cm³/mol. The number of hydrogen-bond donors (Lipinski definition) is 0. The maximum Gasteiger partial charge on any atom is 0.348 e. The van der Waals surface area contributed by atoms with E-state index in [-0.39, 0.29) is 21.6 Å². The van der Waals surface area contributed by atoms with Gasteiger partial charge in [0.15, 0.2) is 0 Å². The van der Waals surface area contributed by atoms with Gasteiger partial charge in [-0.2, -0.15) is 0 Å². The molecule has 1 aliphatic rings. The summed E-state index contributed by atoms with van der Waals surface area (Å²) in [6, 6.07) is 3.38. The highest BCUT2D eigenvalue weighted by Crippen LogP contribution is 2.33. The van der Waals surface area contributed by atoms with E-state index >= 15 is 0 Å². The van der Waals surface area contributed by atoms with Gasteiger partial charge in [-0.1, -0.05) is 32.4 Å². The molecule has 1 aromatic carbocycles. The second-order valence-electron chi connectivity index (χ2n) is 4.81. The lowest BCUT2D eigenvalue weighted by Gasteiger charge is -2.19. The summed E-state index contributed by atoms with van der Waals surface area (Å²) < 4.78 is 4.52. The van der Waals surface area contributed by atoms with Crippen LogP contribution >= 0.6 is 11.6 Å². The van der Waals surface area contributed by atoms with Gasteiger partial charge in [-0.3, -0.25) is 0 Å². The minimum atomic E-state index is -0.662. The van der Waals surface area contributed by atoms with Crippen LogP contribution in [0.25, 0.3) is 0 Å². The highest BCUT2D eigenvalue weighted by atomic mass is 35.5. The van der Waals surface area contributed by atoms with E-state index in [1.54, 1.807) is 12.1 Å². The Morgan fingerprint density at radius 2 is 1.75 bits per heavy atom. The first-order chi connectivity index (χ1) is 7.30. The molecule has 0 N–H and O–H groups in total. The van der Waals surface area contributed by atoms with Crippen molar-refractivity contribution in [2.24, 2.45) is 0 Å². The number of carbonyl (C=O) groups is 2. The third-order valence-electron chi connectivity index (χ3n) is 2.57. The third kappa shape index (κ3) is 1.61. The first-order valence-corrected chi connectivity index (χ1v) is 5.29. The first kappa shape index (κ1) is 11.1. The van der Waals surface area contributed by atoms with Crippen LogP contribution in [0.15, 0.2) is 12.1 Å². The molecular weight excluding hydrogens is 228 g/mol. The van der Waals surface area contributed by atoms with Crippen LogP contribution in [0.5, 0.6) is 0 Å². The molecule has 0 aliphatic carbocycles. The third-order valence-corrected chi connectivity index (χ3v) is 2.86. The highest BCUT2D eigenvalue weighted by Gasteiger charge is 2.33. The summed E-state index contributed by atoms with van der Waals surface area (Å²) in [5, 5.41) is 0.276. The largest absolute Gasteiger partial charge is 0.386 e. The molecule has 2 rings (SSSR count). The first-order valence-electron chi connectivity index (χ1n) is 4.91. The van der Waals surface area contributed by atoms with Crippen LogP contribution in [0.1, 0.15) is 47.1 Å². The lowest BCUT2D eigenvalue weighted by atomic mass is 9.85. The molecule has 4 heteroatoms. The Kier molecular flexibility index (Phi) is 2.31. The molecule has 0 unspecified atom stereocenters. The Labute approximate surface area is 98.4 Å². The molecule has 1 aliphatic heterocycles. The van der Waals surface area contributed by atoms with E-state index in [0.29, 0.717) is 0 Å². The van der Waals surface area contributed by atoms with Crippen molar-refractivity contribution in [3.63, 3.8) is 0 Å². The number of halogens is 1. The Morgan fingerprint density at radius 1 is 1.12 bits per heavy atom. The number of fused-ring (bicyclic) bond motifs is 1. The molecular formula is C12H11ClO3. The summed E-state index contributed by atoms with van der Waals surface area (Å²) in [6.07, 6.45) is 0. The molecule has 16 heavy (non-hydrogen) atoms. The maximum atomic E-state index is 11.4. The van der Waals surface area contributed by atoms with Gasteiger partial charge in [-0.05, 0) is 23.1 Å². The topological polar surface area (TPSA) is 43.4 Å². The van der Waals surface area contributed by atoms with Crippen LogP contribution in [-0.2, 0) is 10.2 Å². The number of carbonyl (C=O) groups excluding carboxylic acids is 2. The van der Waals surface area contributed by atoms with Crippen molar-refractivity contribution in [1.82, 2.24) is 0 Å². The van der Waals surface area contributed by atoms with Crippen LogP contribution in [0, 0.1) is 0 Å². The number of hydrogen-bond acceptors (Lipinski definition) is 3. The molecule has 1 heterocycles. The van der Waals surface area contributed by atoms with E-state index in [9.17, 15) is 9.59 Å². The van der Waals surface area contributed by atoms with Crippen molar-refractivity contribution in [2.45, 2.75) is 26.2 Å². The second-order valence-corrected chi connectivity index (χ2v) is 5.21. The monoisotopic (exact) mass is 238 g/mol. The normalized spacial score (nSPS) is 15.0. The summed E-state index contributed by atoms with van der Waals surface area (Å²) in [5.74, 6) is -1.28. The molecule has 3 nitrogen and oxygen atoms in total. The molecule has 1 aromatic rings. The summed E-state index contributed by atoms with van der Waals surface area (Å²) in [5.41, 5.74) is 1.22. The zero-order valence-corrected chi connectivity index (χ0v) is 10.0. The standard InChI is InChI=1S/C12H11ClO3/c1-12(2,3)6-4-7-9(8(13)5-6)11(15)16-10(7)14/h4-5H,1-3H3. The zero-order chi connectivity index (χ0) is 12.1. The molecule has 0 radical (unpaired) electrons. The van der Waals surface area contributed by atoms with Gasteiger partial charge in [-0.25, -0.2) is 9.59 Å². The predicted octanol–water partition coefficient (Wildman–Crippen LogP) is 2.95. The van der Waals surface area contributed by atoms with E-state index < -0.39 is 11.9 Å². The fraction of sp³-hybridized carbons (Fsp3) is 0.333. The van der Waals surface area contributed by atoms with Crippen LogP contribution < -0.4 is 0 Å². The minimum absolute atomic E-state index is 0.134. The van der Waals surface area contributed by atoms with Crippen molar-refractivity contribution in [2.75, 3.05) is 0 Å². The summed E-state index contributed by atoms with van der Waals surface area (Å²) in [7, 11) is 0. The van der Waals surface area contributed by atoms with Gasteiger partial charge in [0, 0.05) is 0 Å². The Morgan fingerprint density at radius 3 is 2.31 bits per heavy atom. The average molecular weight is 239 g/mol. The van der Waals surface area contributed by atoms with E-state index in [2.05, 4.69) is 4.74 Å². The lowest BCUT2D eigenvalue weighted by Crippen LogP contribution is -2.12. The fourth-order valence-corrected chi connectivity index (χ4v) is 1.89. The number of cyclic esters (lactones) is 2. The Hall–Kier alpha value is -1.35. The average Bonchev–Trinajstić information content (AvgIpc) is 2.41. The molecule has 0 amide bonds. The van der Waals surface area contributed by atoms with Gasteiger partial charge >= 0.3 is 11.9 Å². The highest BCUT2D eigenvalue weighted by molar-refractivity contribution is 6.36. The van der Waals surface area contributed by atoms with E-state index in [1.807, 2.05) is 20.8 Å². The van der Waals surface area contributed by atoms with Gasteiger partial charge in [0.25, 0.3) is 0 Å². The summed E-state index contributed by atoms with van der Waals surface area (Å²) in [6.45, 7) is 6.02. The van der Waals surface area contributed by atoms with Crippen molar-refractivity contribution in [3.8, 4) is 0 Å². The quantitative estimate of drug-likeness (QED) is 0.516. The number of rotatable bonds is 0. The Balaban J connectivity index is 2.68. The van der Waals surface area contributed by atoms with Gasteiger partial charge in [0.1, 0.15) is 0 Å².